The molecule has 0 unspecified atom stereocenters. The molecule has 1 aliphatic carbocycles. The van der Waals surface area contributed by atoms with Gasteiger partial charge in [-0.3, -0.25) is 4.79 Å². The fourth-order valence-electron chi connectivity index (χ4n) is 2.88. The summed E-state index contributed by atoms with van der Waals surface area (Å²) < 4.78 is 1.54. The lowest BCUT2D eigenvalue weighted by atomic mass is 9.93. The molecule has 6 heteroatoms. The van der Waals surface area contributed by atoms with Gasteiger partial charge in [-0.1, -0.05) is 30.9 Å². The van der Waals surface area contributed by atoms with E-state index < -0.39 is 0 Å². The summed E-state index contributed by atoms with van der Waals surface area (Å²) in [7, 11) is 0. The van der Waals surface area contributed by atoms with E-state index in [-0.39, 0.29) is 18.5 Å². The first-order valence-electron chi connectivity index (χ1n) is 7.57. The molecule has 1 aromatic rings. The predicted molar refractivity (Wildman–Crippen MR) is 76.7 cm³/mol. The van der Waals surface area contributed by atoms with Gasteiger partial charge in [0.2, 0.25) is 5.91 Å². The van der Waals surface area contributed by atoms with Crippen molar-refractivity contribution in [2.45, 2.75) is 64.6 Å². The molecule has 1 amide bonds. The summed E-state index contributed by atoms with van der Waals surface area (Å²) in [6, 6.07) is 0.234. The van der Waals surface area contributed by atoms with Gasteiger partial charge in [-0.25, -0.2) is 4.68 Å². The topological polar surface area (TPSA) is 85.8 Å². The van der Waals surface area contributed by atoms with E-state index in [1.54, 1.807) is 6.20 Å². The van der Waals surface area contributed by atoms with Crippen LogP contribution in [-0.2, 0) is 17.9 Å². The van der Waals surface area contributed by atoms with E-state index >= 15 is 0 Å². The highest BCUT2D eigenvalue weighted by Crippen LogP contribution is 2.25. The Morgan fingerprint density at radius 1 is 1.45 bits per heavy atom. The molecular formula is C14H25N5O. The second-order valence-corrected chi connectivity index (χ2v) is 5.72. The number of carbonyl (C=O) groups is 1. The van der Waals surface area contributed by atoms with Gasteiger partial charge in [-0.15, -0.1) is 5.10 Å². The molecule has 1 saturated carbocycles. The largest absolute Gasteiger partial charge is 0.352 e. The first-order chi connectivity index (χ1) is 9.69. The fraction of sp³-hybridized carbons (Fsp3) is 0.786. The van der Waals surface area contributed by atoms with Crippen LogP contribution in [0, 0.1) is 5.92 Å². The van der Waals surface area contributed by atoms with Crippen molar-refractivity contribution in [3.05, 3.63) is 11.9 Å². The highest BCUT2D eigenvalue weighted by Gasteiger charge is 2.20. The Labute approximate surface area is 120 Å². The summed E-state index contributed by atoms with van der Waals surface area (Å²) in [5, 5.41) is 10.9. The molecule has 1 fully saturated rings. The maximum absolute atomic E-state index is 12.0. The van der Waals surface area contributed by atoms with E-state index in [0.29, 0.717) is 18.2 Å². The zero-order valence-corrected chi connectivity index (χ0v) is 12.2. The second kappa shape index (κ2) is 7.38. The first kappa shape index (κ1) is 15.0. The Morgan fingerprint density at radius 3 is 2.75 bits per heavy atom. The van der Waals surface area contributed by atoms with Crippen LogP contribution in [0.1, 0.15) is 51.1 Å². The molecule has 0 bridgehead atoms. The van der Waals surface area contributed by atoms with Crippen molar-refractivity contribution in [3.8, 4) is 0 Å². The molecular weight excluding hydrogens is 254 g/mol. The van der Waals surface area contributed by atoms with Crippen molar-refractivity contribution in [2.24, 2.45) is 11.7 Å². The standard InChI is InChI=1S/C14H25N5O/c1-11(12-6-4-2-3-5-7-12)16-14(20)10-19-9-13(8-15)17-18-19/h9,11-12H,2-8,10,15H2,1H3,(H,16,20)/t11-/m0/s1. The number of rotatable bonds is 5. The Bertz CT molecular complexity index is 423. The number of nitrogens with two attached hydrogens (primary N) is 1. The highest BCUT2D eigenvalue weighted by molar-refractivity contribution is 5.75. The van der Waals surface area contributed by atoms with Crippen LogP contribution in [-0.4, -0.2) is 26.9 Å². The van der Waals surface area contributed by atoms with Crippen LogP contribution in [0.15, 0.2) is 6.20 Å². The normalized spacial score (nSPS) is 18.5. The molecule has 112 valence electrons. The molecule has 20 heavy (non-hydrogen) atoms. The smallest absolute Gasteiger partial charge is 0.242 e. The average Bonchev–Trinajstić information content (AvgIpc) is 2.71. The number of amides is 1. The van der Waals surface area contributed by atoms with E-state index in [0.717, 1.165) is 0 Å². The molecule has 1 aromatic heterocycles. The van der Waals surface area contributed by atoms with Crippen LogP contribution >= 0.6 is 0 Å². The number of hydrogen-bond acceptors (Lipinski definition) is 4. The van der Waals surface area contributed by atoms with Gasteiger partial charge in [0.25, 0.3) is 0 Å². The maximum atomic E-state index is 12.0. The van der Waals surface area contributed by atoms with E-state index in [2.05, 4.69) is 22.6 Å². The molecule has 1 heterocycles. The summed E-state index contributed by atoms with van der Waals surface area (Å²) in [6.07, 6.45) is 9.40. The van der Waals surface area contributed by atoms with Gasteiger partial charge in [0, 0.05) is 12.6 Å². The van der Waals surface area contributed by atoms with Gasteiger partial charge in [-0.05, 0) is 25.7 Å². The lowest BCUT2D eigenvalue weighted by Gasteiger charge is -2.23. The van der Waals surface area contributed by atoms with E-state index in [1.807, 2.05) is 0 Å². The molecule has 0 saturated heterocycles. The zero-order valence-electron chi connectivity index (χ0n) is 12.2. The number of carbonyl (C=O) groups excluding carboxylic acids is 1. The Morgan fingerprint density at radius 2 is 2.15 bits per heavy atom. The minimum Gasteiger partial charge on any atom is -0.352 e. The van der Waals surface area contributed by atoms with E-state index in [1.165, 1.54) is 43.2 Å². The molecule has 6 nitrogen and oxygen atoms in total. The Kier molecular flexibility index (Phi) is 5.52. The molecule has 0 aliphatic heterocycles. The van der Waals surface area contributed by atoms with Gasteiger partial charge in [0.1, 0.15) is 6.54 Å². The van der Waals surface area contributed by atoms with Gasteiger partial charge in [-0.2, -0.15) is 0 Å². The SMILES string of the molecule is C[C@H](NC(=O)Cn1cc(CN)nn1)C1CCCCCC1. The molecule has 0 spiro atoms. The highest BCUT2D eigenvalue weighted by atomic mass is 16.2. The van der Waals surface area contributed by atoms with Crippen LogP contribution in [0.2, 0.25) is 0 Å². The zero-order chi connectivity index (χ0) is 14.4. The number of hydrogen-bond donors (Lipinski definition) is 2. The average molecular weight is 279 g/mol. The predicted octanol–water partition coefficient (Wildman–Crippen LogP) is 1.21. The van der Waals surface area contributed by atoms with Crippen molar-refractivity contribution in [2.75, 3.05) is 0 Å². The van der Waals surface area contributed by atoms with Crippen LogP contribution in [0.5, 0.6) is 0 Å². The lowest BCUT2D eigenvalue weighted by molar-refractivity contribution is -0.122. The van der Waals surface area contributed by atoms with Crippen molar-refractivity contribution >= 4 is 5.91 Å². The van der Waals surface area contributed by atoms with Crippen LogP contribution < -0.4 is 11.1 Å². The number of nitrogens with zero attached hydrogens (tertiary/aromatic N) is 3. The van der Waals surface area contributed by atoms with Crippen molar-refractivity contribution in [1.29, 1.82) is 0 Å². The van der Waals surface area contributed by atoms with Crippen LogP contribution in [0.25, 0.3) is 0 Å². The third-order valence-electron chi connectivity index (χ3n) is 4.10. The van der Waals surface area contributed by atoms with Crippen molar-refractivity contribution < 1.29 is 4.79 Å². The van der Waals surface area contributed by atoms with Gasteiger partial charge >= 0.3 is 0 Å². The van der Waals surface area contributed by atoms with E-state index in [9.17, 15) is 4.79 Å². The van der Waals surface area contributed by atoms with Gasteiger partial charge in [0.15, 0.2) is 0 Å². The molecule has 0 radical (unpaired) electrons. The Balaban J connectivity index is 1.80. The summed E-state index contributed by atoms with van der Waals surface area (Å²) in [5.41, 5.74) is 6.17. The van der Waals surface area contributed by atoms with Crippen molar-refractivity contribution in [3.63, 3.8) is 0 Å². The quantitative estimate of drug-likeness (QED) is 0.793. The summed E-state index contributed by atoms with van der Waals surface area (Å²) in [4.78, 5) is 12.0. The summed E-state index contributed by atoms with van der Waals surface area (Å²) in [5.74, 6) is 0.604. The summed E-state index contributed by atoms with van der Waals surface area (Å²) >= 11 is 0. The van der Waals surface area contributed by atoms with E-state index in [4.69, 9.17) is 5.73 Å². The van der Waals surface area contributed by atoms with Crippen LogP contribution in [0.3, 0.4) is 0 Å². The number of nitrogens with one attached hydrogen (secondary N) is 1. The molecule has 2 rings (SSSR count). The van der Waals surface area contributed by atoms with Crippen molar-refractivity contribution in [1.82, 2.24) is 20.3 Å². The monoisotopic (exact) mass is 279 g/mol. The molecule has 3 N–H and O–H groups in total. The number of aromatic nitrogens is 3. The molecule has 1 atom stereocenters. The molecule has 0 aromatic carbocycles. The third kappa shape index (κ3) is 4.30. The van der Waals surface area contributed by atoms with Crippen LogP contribution in [0.4, 0.5) is 0 Å². The minimum absolute atomic E-state index is 0.00443. The molecule has 1 aliphatic rings. The van der Waals surface area contributed by atoms with Gasteiger partial charge in [0.05, 0.1) is 11.9 Å². The second-order valence-electron chi connectivity index (χ2n) is 5.72. The maximum Gasteiger partial charge on any atom is 0.242 e. The summed E-state index contributed by atoms with van der Waals surface area (Å²) in [6.45, 7) is 2.67. The third-order valence-corrected chi connectivity index (χ3v) is 4.10. The Hall–Kier alpha value is -1.43. The first-order valence-corrected chi connectivity index (χ1v) is 7.57. The van der Waals surface area contributed by atoms with Gasteiger partial charge < -0.3 is 11.1 Å². The lowest BCUT2D eigenvalue weighted by Crippen LogP contribution is -2.39. The minimum atomic E-state index is -0.00443. The fourth-order valence-corrected chi connectivity index (χ4v) is 2.88.